The lowest BCUT2D eigenvalue weighted by Crippen LogP contribution is -2.21. The summed E-state index contributed by atoms with van der Waals surface area (Å²) in [4.78, 5) is 6.91. The molecule has 2 nitrogen and oxygen atoms in total. The van der Waals surface area contributed by atoms with Crippen LogP contribution < -0.4 is 4.90 Å². The van der Waals surface area contributed by atoms with Gasteiger partial charge in [0.2, 0.25) is 0 Å². The molecule has 2 unspecified atom stereocenters. The highest BCUT2D eigenvalue weighted by molar-refractivity contribution is 9.10. The van der Waals surface area contributed by atoms with E-state index < -0.39 is 0 Å². The third-order valence-corrected chi connectivity index (χ3v) is 4.23. The fourth-order valence-corrected chi connectivity index (χ4v) is 3.21. The predicted octanol–water partition coefficient (Wildman–Crippen LogP) is 3.08. The monoisotopic (exact) mass is 266 g/mol. The predicted molar refractivity (Wildman–Crippen MR) is 65.0 cm³/mol. The van der Waals surface area contributed by atoms with E-state index in [-0.39, 0.29) is 0 Å². The summed E-state index contributed by atoms with van der Waals surface area (Å²) in [6.07, 6.45) is 6.19. The molecule has 0 radical (unpaired) electrons. The standard InChI is InChI=1S/C12H15BrN2/c13-11-4-5-12(14-6-11)15-7-9-2-1-3-10(9)8-15/h4-6,9-10H,1-3,7-8H2. The van der Waals surface area contributed by atoms with Crippen LogP contribution in [0.4, 0.5) is 5.82 Å². The molecule has 1 saturated heterocycles. The summed E-state index contributed by atoms with van der Waals surface area (Å²) in [5.41, 5.74) is 0. The first-order valence-electron chi connectivity index (χ1n) is 5.69. The minimum absolute atomic E-state index is 0.940. The maximum absolute atomic E-state index is 4.47. The smallest absolute Gasteiger partial charge is 0.128 e. The van der Waals surface area contributed by atoms with Gasteiger partial charge in [0.05, 0.1) is 0 Å². The first kappa shape index (κ1) is 9.64. The number of nitrogens with zero attached hydrogens (tertiary/aromatic N) is 2. The zero-order chi connectivity index (χ0) is 10.3. The van der Waals surface area contributed by atoms with Crippen molar-refractivity contribution < 1.29 is 0 Å². The summed E-state index contributed by atoms with van der Waals surface area (Å²) in [6, 6.07) is 4.20. The van der Waals surface area contributed by atoms with E-state index in [4.69, 9.17) is 0 Å². The van der Waals surface area contributed by atoms with E-state index >= 15 is 0 Å². The van der Waals surface area contributed by atoms with Gasteiger partial charge in [-0.1, -0.05) is 6.42 Å². The Morgan fingerprint density at radius 1 is 1.20 bits per heavy atom. The van der Waals surface area contributed by atoms with Gasteiger partial charge in [-0.25, -0.2) is 4.98 Å². The molecule has 3 rings (SSSR count). The van der Waals surface area contributed by atoms with Gasteiger partial charge in [-0.3, -0.25) is 0 Å². The number of anilines is 1. The SMILES string of the molecule is Brc1ccc(N2CC3CCCC3C2)nc1. The van der Waals surface area contributed by atoms with Crippen LogP contribution >= 0.6 is 15.9 Å². The van der Waals surface area contributed by atoms with Crippen LogP contribution in [0.25, 0.3) is 0 Å². The van der Waals surface area contributed by atoms with Gasteiger partial charge in [0.25, 0.3) is 0 Å². The minimum atomic E-state index is 0.940. The van der Waals surface area contributed by atoms with E-state index in [1.807, 2.05) is 6.20 Å². The molecule has 3 heteroatoms. The minimum Gasteiger partial charge on any atom is -0.356 e. The van der Waals surface area contributed by atoms with E-state index in [1.165, 1.54) is 32.4 Å². The molecule has 1 saturated carbocycles. The van der Waals surface area contributed by atoms with Gasteiger partial charge in [0.15, 0.2) is 0 Å². The van der Waals surface area contributed by atoms with Crippen LogP contribution in [0.2, 0.25) is 0 Å². The lowest BCUT2D eigenvalue weighted by molar-refractivity contribution is 0.494. The highest BCUT2D eigenvalue weighted by Crippen LogP contribution is 2.39. The van der Waals surface area contributed by atoms with Crippen LogP contribution in [0.5, 0.6) is 0 Å². The number of hydrogen-bond acceptors (Lipinski definition) is 2. The van der Waals surface area contributed by atoms with Crippen molar-refractivity contribution in [1.82, 2.24) is 4.98 Å². The number of hydrogen-bond donors (Lipinski definition) is 0. The molecule has 0 amide bonds. The Morgan fingerprint density at radius 3 is 2.53 bits per heavy atom. The third kappa shape index (κ3) is 1.78. The van der Waals surface area contributed by atoms with E-state index in [1.54, 1.807) is 0 Å². The largest absolute Gasteiger partial charge is 0.356 e. The second kappa shape index (κ2) is 3.78. The first-order chi connectivity index (χ1) is 7.33. The van der Waals surface area contributed by atoms with Crippen LogP contribution in [0.15, 0.2) is 22.8 Å². The summed E-state index contributed by atoms with van der Waals surface area (Å²) < 4.78 is 1.06. The average Bonchev–Trinajstić information content (AvgIpc) is 2.78. The number of fused-ring (bicyclic) bond motifs is 1. The zero-order valence-electron chi connectivity index (χ0n) is 8.69. The van der Waals surface area contributed by atoms with Crippen LogP contribution in [0.1, 0.15) is 19.3 Å². The summed E-state index contributed by atoms with van der Waals surface area (Å²) in [5, 5.41) is 0. The van der Waals surface area contributed by atoms with Gasteiger partial charge < -0.3 is 4.90 Å². The van der Waals surface area contributed by atoms with Crippen molar-refractivity contribution in [3.8, 4) is 0 Å². The molecule has 2 atom stereocenters. The van der Waals surface area contributed by atoms with Crippen molar-refractivity contribution >= 4 is 21.7 Å². The quantitative estimate of drug-likeness (QED) is 0.777. The molecule has 2 aliphatic rings. The molecule has 0 bridgehead atoms. The molecule has 15 heavy (non-hydrogen) atoms. The molecule has 1 aliphatic heterocycles. The second-order valence-corrected chi connectivity index (χ2v) is 5.61. The van der Waals surface area contributed by atoms with Gasteiger partial charge >= 0.3 is 0 Å². The normalized spacial score (nSPS) is 29.5. The van der Waals surface area contributed by atoms with Gasteiger partial charge in [0.1, 0.15) is 5.82 Å². The molecule has 0 aromatic carbocycles. The maximum atomic E-state index is 4.47. The fourth-order valence-electron chi connectivity index (χ4n) is 2.98. The van der Waals surface area contributed by atoms with Crippen molar-refractivity contribution in [2.75, 3.05) is 18.0 Å². The topological polar surface area (TPSA) is 16.1 Å². The van der Waals surface area contributed by atoms with Crippen LogP contribution in [-0.4, -0.2) is 18.1 Å². The van der Waals surface area contributed by atoms with Gasteiger partial charge in [-0.15, -0.1) is 0 Å². The zero-order valence-corrected chi connectivity index (χ0v) is 10.3. The average molecular weight is 267 g/mol. The number of halogens is 1. The Labute approximate surface area is 98.8 Å². The molecule has 80 valence electrons. The van der Waals surface area contributed by atoms with E-state index in [2.05, 4.69) is 37.9 Å². The Hall–Kier alpha value is -0.570. The number of rotatable bonds is 1. The van der Waals surface area contributed by atoms with Gasteiger partial charge in [0, 0.05) is 23.8 Å². The number of pyridine rings is 1. The van der Waals surface area contributed by atoms with Crippen LogP contribution in [-0.2, 0) is 0 Å². The van der Waals surface area contributed by atoms with Crippen molar-refractivity contribution in [2.24, 2.45) is 11.8 Å². The highest BCUT2D eigenvalue weighted by atomic mass is 79.9. The summed E-state index contributed by atoms with van der Waals surface area (Å²) in [6.45, 7) is 2.44. The lowest BCUT2D eigenvalue weighted by atomic mass is 10.0. The van der Waals surface area contributed by atoms with E-state index in [0.29, 0.717) is 0 Å². The van der Waals surface area contributed by atoms with E-state index in [0.717, 1.165) is 22.1 Å². The first-order valence-corrected chi connectivity index (χ1v) is 6.49. The molecule has 0 spiro atoms. The second-order valence-electron chi connectivity index (χ2n) is 4.69. The summed E-state index contributed by atoms with van der Waals surface area (Å²) in [7, 11) is 0. The van der Waals surface area contributed by atoms with Gasteiger partial charge in [-0.2, -0.15) is 0 Å². The van der Waals surface area contributed by atoms with Crippen molar-refractivity contribution in [3.63, 3.8) is 0 Å². The van der Waals surface area contributed by atoms with Gasteiger partial charge in [-0.05, 0) is 52.7 Å². The lowest BCUT2D eigenvalue weighted by Gasteiger charge is -2.17. The van der Waals surface area contributed by atoms with Crippen molar-refractivity contribution in [3.05, 3.63) is 22.8 Å². The fraction of sp³-hybridized carbons (Fsp3) is 0.583. The van der Waals surface area contributed by atoms with E-state index in [9.17, 15) is 0 Å². The number of aromatic nitrogens is 1. The Kier molecular flexibility index (Phi) is 2.43. The highest BCUT2D eigenvalue weighted by Gasteiger charge is 2.36. The molecular weight excluding hydrogens is 252 g/mol. The summed E-state index contributed by atoms with van der Waals surface area (Å²) >= 11 is 3.42. The van der Waals surface area contributed by atoms with Crippen LogP contribution in [0.3, 0.4) is 0 Å². The van der Waals surface area contributed by atoms with Crippen molar-refractivity contribution in [2.45, 2.75) is 19.3 Å². The molecule has 1 aromatic rings. The molecular formula is C12H15BrN2. The molecule has 2 fully saturated rings. The maximum Gasteiger partial charge on any atom is 0.128 e. The molecule has 1 aliphatic carbocycles. The molecule has 2 heterocycles. The Morgan fingerprint density at radius 2 is 1.93 bits per heavy atom. The van der Waals surface area contributed by atoms with Crippen molar-refractivity contribution in [1.29, 1.82) is 0 Å². The van der Waals surface area contributed by atoms with Crippen LogP contribution in [0, 0.1) is 11.8 Å². The Bertz CT molecular complexity index is 337. The molecule has 0 N–H and O–H groups in total. The molecule has 1 aromatic heterocycles. The summed E-state index contributed by atoms with van der Waals surface area (Å²) in [5.74, 6) is 3.03. The Balaban J connectivity index is 1.76. The third-order valence-electron chi connectivity index (χ3n) is 3.76.